The van der Waals surface area contributed by atoms with Gasteiger partial charge in [0.2, 0.25) is 0 Å². The van der Waals surface area contributed by atoms with Crippen molar-refractivity contribution >= 4 is 55.7 Å². The van der Waals surface area contributed by atoms with Crippen molar-refractivity contribution in [2.45, 2.75) is 12.0 Å². The van der Waals surface area contributed by atoms with Gasteiger partial charge >= 0.3 is 5.69 Å². The zero-order valence-electron chi connectivity index (χ0n) is 20.0. The van der Waals surface area contributed by atoms with Crippen molar-refractivity contribution in [3.63, 3.8) is 0 Å². The normalized spacial score (nSPS) is 13.0. The maximum Gasteiger partial charge on any atom is 0.323 e. The Morgan fingerprint density at radius 3 is 2.26 bits per heavy atom. The monoisotopic (exact) mass is 649 g/mol. The standard InChI is InChI=1S/C23H25Br2N9O4/c1-38-17(10-30-21(36)15-6-12(25)8-29-15)18(16-9-31-23(37)33-16)19-13(32-22(26)34-19)3-2-4-27-20(35)14-5-11(24)7-28-14/h2-3,5-9,17-18,28-29H,4,10H2,1H3,(H,27,35)(H,30,36)(H3,26,32,34)(H2,31,33,37). The summed E-state index contributed by atoms with van der Waals surface area (Å²) in [6.07, 6.45) is 7.65. The van der Waals surface area contributed by atoms with E-state index in [1.165, 1.54) is 13.3 Å². The lowest BCUT2D eigenvalue weighted by Gasteiger charge is -2.25. The van der Waals surface area contributed by atoms with E-state index in [-0.39, 0.29) is 30.9 Å². The number of methoxy groups -OCH3 is 1. The van der Waals surface area contributed by atoms with Crippen molar-refractivity contribution in [1.29, 1.82) is 0 Å². The summed E-state index contributed by atoms with van der Waals surface area (Å²) in [5.74, 6) is -1.04. The average molecular weight is 651 g/mol. The van der Waals surface area contributed by atoms with Gasteiger partial charge in [0, 0.05) is 53.4 Å². The molecule has 13 nitrogen and oxygen atoms in total. The van der Waals surface area contributed by atoms with Gasteiger partial charge in [-0.05, 0) is 50.1 Å². The number of hydrogen-bond donors (Lipinski definition) is 8. The second-order valence-electron chi connectivity index (χ2n) is 8.16. The average Bonchev–Trinajstić information content (AvgIpc) is 3.68. The second-order valence-corrected chi connectivity index (χ2v) is 9.99. The molecule has 4 heterocycles. The number of aromatic amines is 5. The van der Waals surface area contributed by atoms with Crippen molar-refractivity contribution in [2.75, 3.05) is 25.9 Å². The van der Waals surface area contributed by atoms with Crippen molar-refractivity contribution in [3.8, 4) is 0 Å². The number of hydrogen-bond acceptors (Lipinski definition) is 6. The topological polar surface area (TPSA) is 202 Å². The van der Waals surface area contributed by atoms with Gasteiger partial charge in [0.25, 0.3) is 11.8 Å². The molecule has 2 atom stereocenters. The Kier molecular flexibility index (Phi) is 8.70. The summed E-state index contributed by atoms with van der Waals surface area (Å²) in [6, 6.07) is 3.33. The van der Waals surface area contributed by atoms with Crippen LogP contribution in [0.5, 0.6) is 0 Å². The molecular weight excluding hydrogens is 626 g/mol. The summed E-state index contributed by atoms with van der Waals surface area (Å²) in [6.45, 7) is 0.330. The molecule has 2 unspecified atom stereocenters. The van der Waals surface area contributed by atoms with E-state index in [9.17, 15) is 14.4 Å². The predicted octanol–water partition coefficient (Wildman–Crippen LogP) is 2.21. The molecule has 0 bridgehead atoms. The van der Waals surface area contributed by atoms with Gasteiger partial charge in [-0.25, -0.2) is 9.78 Å². The Labute approximate surface area is 232 Å². The fraction of sp³-hybridized carbons (Fsp3) is 0.217. The molecular formula is C23H25Br2N9O4. The Balaban J connectivity index is 1.54. The highest BCUT2D eigenvalue weighted by Gasteiger charge is 2.31. The molecule has 0 saturated heterocycles. The fourth-order valence-electron chi connectivity index (χ4n) is 3.88. The molecule has 2 amide bonds. The largest absolute Gasteiger partial charge is 0.379 e. The third-order valence-electron chi connectivity index (χ3n) is 5.62. The number of ether oxygens (including phenoxy) is 1. The van der Waals surface area contributed by atoms with Gasteiger partial charge in [0.1, 0.15) is 11.4 Å². The first-order valence-electron chi connectivity index (χ1n) is 11.3. The Hall–Kier alpha value is -3.82. The summed E-state index contributed by atoms with van der Waals surface area (Å²) in [7, 11) is 1.50. The zero-order chi connectivity index (χ0) is 27.2. The van der Waals surface area contributed by atoms with Crippen LogP contribution in [0.4, 0.5) is 5.95 Å². The van der Waals surface area contributed by atoms with Gasteiger partial charge in [0.15, 0.2) is 5.95 Å². The van der Waals surface area contributed by atoms with Crippen molar-refractivity contribution in [3.05, 3.63) is 84.7 Å². The van der Waals surface area contributed by atoms with Crippen LogP contribution in [-0.2, 0) is 4.74 Å². The quantitative estimate of drug-likeness (QED) is 0.122. The number of nitrogens with two attached hydrogens (primary N) is 1. The molecule has 4 rings (SSSR count). The number of nitrogens with zero attached hydrogens (tertiary/aromatic N) is 1. The number of rotatable bonds is 11. The van der Waals surface area contributed by atoms with Gasteiger partial charge in [-0.2, -0.15) is 0 Å². The van der Waals surface area contributed by atoms with Crippen LogP contribution >= 0.6 is 31.9 Å². The molecule has 0 fully saturated rings. The molecule has 38 heavy (non-hydrogen) atoms. The minimum Gasteiger partial charge on any atom is -0.379 e. The highest BCUT2D eigenvalue weighted by atomic mass is 79.9. The first-order valence-corrected chi connectivity index (χ1v) is 12.9. The third kappa shape index (κ3) is 6.54. The predicted molar refractivity (Wildman–Crippen MR) is 148 cm³/mol. The van der Waals surface area contributed by atoms with Gasteiger partial charge in [-0.1, -0.05) is 6.08 Å². The summed E-state index contributed by atoms with van der Waals surface area (Å²) in [4.78, 5) is 55.3. The number of nitrogen functional groups attached to an aromatic ring is 1. The Bertz CT molecular complexity index is 1500. The van der Waals surface area contributed by atoms with Crippen LogP contribution < -0.4 is 22.1 Å². The number of amides is 2. The maximum atomic E-state index is 12.6. The molecule has 0 aliphatic rings. The zero-order valence-corrected chi connectivity index (χ0v) is 23.2. The van der Waals surface area contributed by atoms with Crippen molar-refractivity contribution in [1.82, 2.24) is 40.5 Å². The molecule has 0 spiro atoms. The molecule has 0 aromatic carbocycles. The number of anilines is 1. The fourth-order valence-corrected chi connectivity index (χ4v) is 4.57. The van der Waals surface area contributed by atoms with Gasteiger partial charge < -0.3 is 46.0 Å². The Morgan fingerprint density at radius 1 is 1.05 bits per heavy atom. The van der Waals surface area contributed by atoms with E-state index >= 15 is 0 Å². The van der Waals surface area contributed by atoms with E-state index < -0.39 is 17.7 Å². The third-order valence-corrected chi connectivity index (χ3v) is 6.54. The molecule has 200 valence electrons. The van der Waals surface area contributed by atoms with E-state index in [2.05, 4.69) is 72.4 Å². The number of halogens is 2. The van der Waals surface area contributed by atoms with Crippen LogP contribution in [0.2, 0.25) is 0 Å². The van der Waals surface area contributed by atoms with E-state index in [1.54, 1.807) is 36.7 Å². The number of nitrogens with one attached hydrogen (secondary N) is 7. The highest BCUT2D eigenvalue weighted by Crippen LogP contribution is 2.30. The first kappa shape index (κ1) is 27.2. The van der Waals surface area contributed by atoms with Crippen LogP contribution in [0.1, 0.15) is 44.0 Å². The molecule has 0 saturated carbocycles. The van der Waals surface area contributed by atoms with Crippen LogP contribution in [0.3, 0.4) is 0 Å². The molecule has 0 radical (unpaired) electrons. The number of imidazole rings is 2. The highest BCUT2D eigenvalue weighted by molar-refractivity contribution is 9.10. The number of carbonyl (C=O) groups excluding carboxylic acids is 2. The van der Waals surface area contributed by atoms with Crippen LogP contribution in [0.25, 0.3) is 6.08 Å². The summed E-state index contributed by atoms with van der Waals surface area (Å²) < 4.78 is 7.26. The van der Waals surface area contributed by atoms with E-state index in [0.717, 1.165) is 8.95 Å². The van der Waals surface area contributed by atoms with Crippen molar-refractivity contribution in [2.24, 2.45) is 0 Å². The second kappa shape index (κ2) is 12.1. The minimum absolute atomic E-state index is 0.105. The minimum atomic E-state index is -0.623. The maximum absolute atomic E-state index is 12.6. The molecule has 0 aliphatic carbocycles. The lowest BCUT2D eigenvalue weighted by molar-refractivity contribution is 0.0753. The van der Waals surface area contributed by atoms with Gasteiger partial charge in [-0.15, -0.1) is 0 Å². The smallest absolute Gasteiger partial charge is 0.323 e. The van der Waals surface area contributed by atoms with E-state index in [0.29, 0.717) is 28.5 Å². The number of aromatic nitrogens is 6. The van der Waals surface area contributed by atoms with Crippen LogP contribution in [0, 0.1) is 0 Å². The molecule has 0 aliphatic heterocycles. The Morgan fingerprint density at radius 2 is 1.71 bits per heavy atom. The van der Waals surface area contributed by atoms with Crippen LogP contribution in [-0.4, -0.2) is 68.0 Å². The van der Waals surface area contributed by atoms with Gasteiger partial charge in [-0.3, -0.25) is 9.59 Å². The molecule has 9 N–H and O–H groups in total. The molecule has 15 heteroatoms. The van der Waals surface area contributed by atoms with Crippen LogP contribution in [0.15, 0.2) is 50.5 Å². The van der Waals surface area contributed by atoms with E-state index in [1.807, 2.05) is 0 Å². The summed E-state index contributed by atoms with van der Waals surface area (Å²) >= 11 is 6.61. The first-order chi connectivity index (χ1) is 18.2. The molecule has 4 aromatic heterocycles. The molecule has 4 aromatic rings. The SMILES string of the molecule is COC(CNC(=O)c1cc(Br)c[nH]1)C(c1c[nH]c(=O)[nH]1)c1[nH]c(N)nc1C=CCNC(=O)c1cc(Br)c[nH]1. The van der Waals surface area contributed by atoms with Crippen molar-refractivity contribution < 1.29 is 14.3 Å². The summed E-state index contributed by atoms with van der Waals surface area (Å²) in [5, 5.41) is 5.62. The summed E-state index contributed by atoms with van der Waals surface area (Å²) in [5.41, 5.74) is 7.93. The van der Waals surface area contributed by atoms with Gasteiger partial charge in [0.05, 0.1) is 23.4 Å². The lowest BCUT2D eigenvalue weighted by Crippen LogP contribution is -2.38. The van der Waals surface area contributed by atoms with E-state index in [4.69, 9.17) is 10.5 Å². The number of carbonyl (C=O) groups is 2. The lowest BCUT2D eigenvalue weighted by atomic mass is 9.93. The number of H-pyrrole nitrogens is 5.